The fourth-order valence-corrected chi connectivity index (χ4v) is 3.14. The topological polar surface area (TPSA) is 71.1 Å². The molecular formula is C15H19N3O2S. The second kappa shape index (κ2) is 6.58. The molecule has 0 saturated heterocycles. The third-order valence-corrected chi connectivity index (χ3v) is 4.44. The van der Waals surface area contributed by atoms with Gasteiger partial charge in [-0.1, -0.05) is 31.5 Å². The number of aryl methyl sites for hydroxylation is 1. The Morgan fingerprint density at radius 2 is 1.95 bits per heavy atom. The van der Waals surface area contributed by atoms with Crippen LogP contribution in [0.2, 0.25) is 0 Å². The Kier molecular flexibility index (Phi) is 4.80. The number of rotatable bonds is 6. The largest absolute Gasteiger partial charge is 0.373 e. The highest BCUT2D eigenvalue weighted by atomic mass is 32.2. The Bertz CT molecular complexity index is 714. The lowest BCUT2D eigenvalue weighted by Gasteiger charge is -2.12. The summed E-state index contributed by atoms with van der Waals surface area (Å²) in [5, 5.41) is 2.83. The maximum atomic E-state index is 12.5. The molecule has 2 N–H and O–H groups in total. The summed E-state index contributed by atoms with van der Waals surface area (Å²) >= 11 is 0. The van der Waals surface area contributed by atoms with E-state index in [1.807, 2.05) is 18.2 Å². The highest BCUT2D eigenvalue weighted by Crippen LogP contribution is 2.22. The van der Waals surface area contributed by atoms with Gasteiger partial charge in [-0.15, -0.1) is 0 Å². The van der Waals surface area contributed by atoms with Crippen molar-refractivity contribution < 1.29 is 8.42 Å². The minimum atomic E-state index is -3.62. The Balaban J connectivity index is 2.33. The molecule has 0 unspecified atom stereocenters. The van der Waals surface area contributed by atoms with Gasteiger partial charge in [-0.2, -0.15) is 0 Å². The van der Waals surface area contributed by atoms with Gasteiger partial charge in [0.05, 0.1) is 10.6 Å². The van der Waals surface area contributed by atoms with Crippen LogP contribution in [-0.4, -0.2) is 20.4 Å². The van der Waals surface area contributed by atoms with Crippen molar-refractivity contribution in [1.82, 2.24) is 4.98 Å². The molecule has 21 heavy (non-hydrogen) atoms. The van der Waals surface area contributed by atoms with Gasteiger partial charge >= 0.3 is 0 Å². The van der Waals surface area contributed by atoms with Crippen molar-refractivity contribution in [2.45, 2.75) is 24.7 Å². The Morgan fingerprint density at radius 3 is 2.67 bits per heavy atom. The number of benzene rings is 1. The molecule has 0 aliphatic rings. The molecule has 0 aliphatic carbocycles. The summed E-state index contributed by atoms with van der Waals surface area (Å²) in [7, 11) is -1.92. The van der Waals surface area contributed by atoms with Crippen molar-refractivity contribution in [3.05, 3.63) is 48.2 Å². The number of para-hydroxylation sites is 1. The molecule has 0 aliphatic heterocycles. The van der Waals surface area contributed by atoms with E-state index in [9.17, 15) is 8.42 Å². The van der Waals surface area contributed by atoms with Crippen molar-refractivity contribution in [2.24, 2.45) is 0 Å². The third-order valence-electron chi connectivity index (χ3n) is 3.08. The summed E-state index contributed by atoms with van der Waals surface area (Å²) < 4.78 is 27.6. The normalized spacial score (nSPS) is 11.1. The SMILES string of the molecule is CCCc1ccccc1NS(=O)(=O)c1ccnc(NC)c1. The fraction of sp³-hybridized carbons (Fsp3) is 0.267. The minimum Gasteiger partial charge on any atom is -0.373 e. The summed E-state index contributed by atoms with van der Waals surface area (Å²) in [5.41, 5.74) is 1.62. The van der Waals surface area contributed by atoms with Crippen LogP contribution in [0.25, 0.3) is 0 Å². The quantitative estimate of drug-likeness (QED) is 0.861. The number of anilines is 2. The van der Waals surface area contributed by atoms with E-state index in [-0.39, 0.29) is 4.90 Å². The molecule has 0 atom stereocenters. The van der Waals surface area contributed by atoms with E-state index in [1.54, 1.807) is 13.1 Å². The second-order valence-electron chi connectivity index (χ2n) is 4.64. The zero-order valence-corrected chi connectivity index (χ0v) is 12.9. The Labute approximate surface area is 125 Å². The lowest BCUT2D eigenvalue weighted by Crippen LogP contribution is -2.14. The molecule has 0 fully saturated rings. The first kappa shape index (κ1) is 15.3. The van der Waals surface area contributed by atoms with Gasteiger partial charge in [0.25, 0.3) is 10.0 Å². The monoisotopic (exact) mass is 305 g/mol. The first-order valence-electron chi connectivity index (χ1n) is 6.81. The van der Waals surface area contributed by atoms with E-state index in [2.05, 4.69) is 21.9 Å². The average Bonchev–Trinajstić information content (AvgIpc) is 2.49. The van der Waals surface area contributed by atoms with Gasteiger partial charge in [0.2, 0.25) is 0 Å². The number of hydrogen-bond donors (Lipinski definition) is 2. The van der Waals surface area contributed by atoms with Gasteiger partial charge < -0.3 is 5.32 Å². The van der Waals surface area contributed by atoms with Crippen molar-refractivity contribution in [3.63, 3.8) is 0 Å². The summed E-state index contributed by atoms with van der Waals surface area (Å²) in [4.78, 5) is 4.21. The molecule has 1 aromatic carbocycles. The van der Waals surface area contributed by atoms with Crippen LogP contribution in [0.3, 0.4) is 0 Å². The van der Waals surface area contributed by atoms with E-state index < -0.39 is 10.0 Å². The number of pyridine rings is 1. The molecule has 1 aromatic heterocycles. The van der Waals surface area contributed by atoms with Crippen LogP contribution in [0.5, 0.6) is 0 Å². The number of hydrogen-bond acceptors (Lipinski definition) is 4. The molecule has 0 bridgehead atoms. The van der Waals surface area contributed by atoms with Crippen molar-refractivity contribution in [2.75, 3.05) is 17.1 Å². The first-order valence-corrected chi connectivity index (χ1v) is 8.29. The lowest BCUT2D eigenvalue weighted by atomic mass is 10.1. The van der Waals surface area contributed by atoms with Crippen LogP contribution in [-0.2, 0) is 16.4 Å². The molecule has 2 aromatic rings. The van der Waals surface area contributed by atoms with E-state index in [1.165, 1.54) is 18.3 Å². The second-order valence-corrected chi connectivity index (χ2v) is 6.32. The molecule has 5 nitrogen and oxygen atoms in total. The Hall–Kier alpha value is -2.08. The Morgan fingerprint density at radius 1 is 1.19 bits per heavy atom. The minimum absolute atomic E-state index is 0.188. The number of aromatic nitrogens is 1. The molecular weight excluding hydrogens is 286 g/mol. The highest BCUT2D eigenvalue weighted by Gasteiger charge is 2.16. The first-order chi connectivity index (χ1) is 10.1. The van der Waals surface area contributed by atoms with E-state index in [0.29, 0.717) is 11.5 Å². The van der Waals surface area contributed by atoms with Crippen molar-refractivity contribution >= 4 is 21.5 Å². The zero-order valence-electron chi connectivity index (χ0n) is 12.1. The standard InChI is InChI=1S/C15H19N3O2S/c1-3-6-12-7-4-5-8-14(12)18-21(19,20)13-9-10-17-15(11-13)16-2/h4-5,7-11,18H,3,6H2,1-2H3,(H,16,17). The van der Waals surface area contributed by atoms with E-state index in [0.717, 1.165) is 18.4 Å². The molecule has 6 heteroatoms. The molecule has 112 valence electrons. The molecule has 2 rings (SSSR count). The predicted octanol–water partition coefficient (Wildman–Crippen LogP) is 2.88. The average molecular weight is 305 g/mol. The van der Waals surface area contributed by atoms with Crippen molar-refractivity contribution in [3.8, 4) is 0 Å². The van der Waals surface area contributed by atoms with Crippen LogP contribution in [0.4, 0.5) is 11.5 Å². The molecule has 1 heterocycles. The molecule has 0 saturated carbocycles. The summed E-state index contributed by atoms with van der Waals surface area (Å²) in [6, 6.07) is 10.4. The van der Waals surface area contributed by atoms with Gasteiger partial charge in [0.1, 0.15) is 5.82 Å². The van der Waals surface area contributed by atoms with E-state index >= 15 is 0 Å². The van der Waals surface area contributed by atoms with Crippen LogP contribution in [0, 0.1) is 0 Å². The third kappa shape index (κ3) is 3.72. The van der Waals surface area contributed by atoms with Gasteiger partial charge in [-0.05, 0) is 24.1 Å². The number of nitrogens with zero attached hydrogens (tertiary/aromatic N) is 1. The van der Waals surface area contributed by atoms with Crippen LogP contribution in [0.15, 0.2) is 47.5 Å². The lowest BCUT2D eigenvalue weighted by molar-refractivity contribution is 0.601. The predicted molar refractivity (Wildman–Crippen MR) is 85.0 cm³/mol. The summed E-state index contributed by atoms with van der Waals surface area (Å²) in [6.45, 7) is 2.06. The molecule has 0 amide bonds. The summed E-state index contributed by atoms with van der Waals surface area (Å²) in [5.74, 6) is 0.514. The van der Waals surface area contributed by atoms with Crippen LogP contribution >= 0.6 is 0 Å². The zero-order chi connectivity index (χ0) is 15.3. The smallest absolute Gasteiger partial charge is 0.262 e. The van der Waals surface area contributed by atoms with Crippen LogP contribution < -0.4 is 10.0 Å². The maximum absolute atomic E-state index is 12.5. The number of nitrogens with one attached hydrogen (secondary N) is 2. The maximum Gasteiger partial charge on any atom is 0.262 e. The van der Waals surface area contributed by atoms with Crippen LogP contribution in [0.1, 0.15) is 18.9 Å². The van der Waals surface area contributed by atoms with Crippen molar-refractivity contribution in [1.29, 1.82) is 0 Å². The summed E-state index contributed by atoms with van der Waals surface area (Å²) in [6.07, 6.45) is 3.26. The number of sulfonamides is 1. The molecule has 0 radical (unpaired) electrons. The van der Waals surface area contributed by atoms with Gasteiger partial charge in [-0.25, -0.2) is 13.4 Å². The van der Waals surface area contributed by atoms with Gasteiger partial charge in [-0.3, -0.25) is 4.72 Å². The molecule has 0 spiro atoms. The fourth-order valence-electron chi connectivity index (χ4n) is 2.03. The van der Waals surface area contributed by atoms with Gasteiger partial charge in [0.15, 0.2) is 0 Å². The highest BCUT2D eigenvalue weighted by molar-refractivity contribution is 7.92. The van der Waals surface area contributed by atoms with E-state index in [4.69, 9.17) is 0 Å². The van der Waals surface area contributed by atoms with Gasteiger partial charge in [0, 0.05) is 19.3 Å².